The average molecular weight is 648 g/mol. The number of pyridine rings is 1. The normalized spacial score (nSPS) is 23.2. The number of nitrogens with zero attached hydrogens (tertiary/aromatic N) is 5. The molecule has 0 saturated carbocycles. The maximum absolute atomic E-state index is 14.5. The zero-order valence-corrected chi connectivity index (χ0v) is 23.8. The first-order chi connectivity index (χ1) is 21.1. The van der Waals surface area contributed by atoms with Gasteiger partial charge in [0.1, 0.15) is 6.54 Å². The van der Waals surface area contributed by atoms with Crippen LogP contribution in [0.1, 0.15) is 40.7 Å². The summed E-state index contributed by atoms with van der Waals surface area (Å²) in [5, 5.41) is 0. The number of alkyl halides is 6. The highest BCUT2D eigenvalue weighted by Crippen LogP contribution is 2.34. The number of hydrogen-bond donors (Lipinski definition) is 1. The minimum absolute atomic E-state index is 0.0483. The molecule has 2 atom stereocenters. The second-order valence-corrected chi connectivity index (χ2v) is 11.4. The van der Waals surface area contributed by atoms with Crippen LogP contribution in [0.3, 0.4) is 0 Å². The lowest BCUT2D eigenvalue weighted by molar-refractivity contribution is -1.03. The van der Waals surface area contributed by atoms with Crippen LogP contribution in [0.25, 0.3) is 0 Å². The summed E-state index contributed by atoms with van der Waals surface area (Å²) in [4.78, 5) is 51.2. The van der Waals surface area contributed by atoms with Crippen molar-refractivity contribution in [2.24, 2.45) is 5.73 Å². The van der Waals surface area contributed by atoms with E-state index in [-0.39, 0.29) is 56.8 Å². The number of rotatable bonds is 6. The van der Waals surface area contributed by atoms with Crippen molar-refractivity contribution in [1.82, 2.24) is 14.8 Å². The Morgan fingerprint density at radius 3 is 2.22 bits per heavy atom. The Morgan fingerprint density at radius 2 is 1.67 bits per heavy atom. The molecule has 0 bridgehead atoms. The van der Waals surface area contributed by atoms with Crippen molar-refractivity contribution in [3.8, 4) is 0 Å². The molecule has 0 spiro atoms. The molecule has 45 heavy (non-hydrogen) atoms. The molecule has 1 aromatic heterocycles. The molecule has 2 N–H and O–H groups in total. The van der Waals surface area contributed by atoms with Gasteiger partial charge in [0, 0.05) is 55.6 Å². The fraction of sp³-hybridized carbons (Fsp3) is 0.500. The monoisotopic (exact) mass is 647 g/mol. The second-order valence-electron chi connectivity index (χ2n) is 11.4. The van der Waals surface area contributed by atoms with Crippen LogP contribution in [0.4, 0.5) is 41.3 Å². The van der Waals surface area contributed by atoms with Crippen molar-refractivity contribution in [2.45, 2.75) is 50.2 Å². The first-order valence-electron chi connectivity index (χ1n) is 14.2. The predicted molar refractivity (Wildman–Crippen MR) is 142 cm³/mol. The van der Waals surface area contributed by atoms with Crippen LogP contribution in [0.5, 0.6) is 0 Å². The van der Waals surface area contributed by atoms with Crippen molar-refractivity contribution in [3.63, 3.8) is 0 Å². The summed E-state index contributed by atoms with van der Waals surface area (Å²) in [5.41, 5.74) is 5.30. The smallest absolute Gasteiger partial charge is 0.354 e. The molecule has 2 aromatic rings. The van der Waals surface area contributed by atoms with Gasteiger partial charge in [0.2, 0.25) is 0 Å². The number of halogens is 7. The highest BCUT2D eigenvalue weighted by atomic mass is 19.4. The van der Waals surface area contributed by atoms with Gasteiger partial charge >= 0.3 is 24.4 Å². The number of benzene rings is 1. The van der Waals surface area contributed by atoms with E-state index in [0.29, 0.717) is 42.9 Å². The third kappa shape index (κ3) is 6.83. The molecule has 0 aliphatic carbocycles. The fourth-order valence-electron chi connectivity index (χ4n) is 5.92. The van der Waals surface area contributed by atoms with Gasteiger partial charge in [-0.15, -0.1) is 0 Å². The molecule has 3 aliphatic heterocycles. The van der Waals surface area contributed by atoms with Gasteiger partial charge in [0.05, 0.1) is 12.1 Å². The fourth-order valence-corrected chi connectivity index (χ4v) is 5.92. The Morgan fingerprint density at radius 1 is 1.00 bits per heavy atom. The van der Waals surface area contributed by atoms with E-state index in [0.717, 1.165) is 0 Å². The number of hydrogen-bond acceptors (Lipinski definition) is 7. The van der Waals surface area contributed by atoms with Crippen LogP contribution in [0.2, 0.25) is 0 Å². The van der Waals surface area contributed by atoms with Crippen molar-refractivity contribution >= 4 is 23.7 Å². The average Bonchev–Trinajstić information content (AvgIpc) is 3.55. The Hall–Kier alpha value is -3.99. The number of nitrogens with two attached hydrogens (primary N) is 1. The van der Waals surface area contributed by atoms with Gasteiger partial charge in [-0.3, -0.25) is 14.5 Å². The van der Waals surface area contributed by atoms with E-state index in [1.807, 2.05) is 0 Å². The summed E-state index contributed by atoms with van der Waals surface area (Å²) in [6.45, 7) is 0.323. The summed E-state index contributed by atoms with van der Waals surface area (Å²) in [7, 11) is 0. The Labute approximate surface area is 252 Å². The lowest BCUT2D eigenvalue weighted by Gasteiger charge is -2.36. The summed E-state index contributed by atoms with van der Waals surface area (Å²) < 4.78 is 91.7. The highest BCUT2D eigenvalue weighted by Gasteiger charge is 2.57. The van der Waals surface area contributed by atoms with E-state index in [1.54, 1.807) is 4.90 Å². The van der Waals surface area contributed by atoms with Crippen LogP contribution in [0.15, 0.2) is 36.5 Å². The van der Waals surface area contributed by atoms with Crippen LogP contribution < -0.4 is 10.6 Å². The van der Waals surface area contributed by atoms with Crippen molar-refractivity contribution < 1.29 is 54.6 Å². The zero-order chi connectivity index (χ0) is 32.7. The van der Waals surface area contributed by atoms with Crippen molar-refractivity contribution in [1.29, 1.82) is 0 Å². The summed E-state index contributed by atoms with van der Waals surface area (Å²) in [5.74, 6) is -4.24. The molecule has 3 amide bonds. The van der Waals surface area contributed by atoms with Gasteiger partial charge in [0.15, 0.2) is 18.2 Å². The first-order valence-corrected chi connectivity index (χ1v) is 14.2. The number of urea groups is 1. The van der Waals surface area contributed by atoms with Crippen LogP contribution in [-0.2, 0) is 22.4 Å². The molecule has 2 unspecified atom stereocenters. The van der Waals surface area contributed by atoms with E-state index in [2.05, 4.69) is 4.98 Å². The third-order valence-corrected chi connectivity index (χ3v) is 8.29. The minimum atomic E-state index is -5.37. The first kappa shape index (κ1) is 32.4. The second kappa shape index (κ2) is 12.1. The van der Waals surface area contributed by atoms with Crippen molar-refractivity contribution in [3.05, 3.63) is 59.0 Å². The van der Waals surface area contributed by atoms with Gasteiger partial charge in [-0.1, -0.05) is 12.1 Å². The summed E-state index contributed by atoms with van der Waals surface area (Å²) in [6, 6.07) is 4.73. The van der Waals surface area contributed by atoms with E-state index in [9.17, 15) is 45.1 Å². The molecule has 3 fully saturated rings. The Bertz CT molecular complexity index is 1450. The minimum Gasteiger partial charge on any atom is -0.354 e. The lowest BCUT2D eigenvalue weighted by Crippen LogP contribution is -2.55. The van der Waals surface area contributed by atoms with Crippen molar-refractivity contribution in [2.75, 3.05) is 44.2 Å². The van der Waals surface area contributed by atoms with Gasteiger partial charge in [0.25, 0.3) is 5.91 Å². The van der Waals surface area contributed by atoms with Crippen LogP contribution in [0, 0.1) is 5.82 Å². The molecule has 4 heterocycles. The molecule has 5 rings (SSSR count). The maximum atomic E-state index is 14.5. The number of anilines is 1. The number of carbonyl (C=O) groups is 3. The highest BCUT2D eigenvalue weighted by molar-refractivity contribution is 5.94. The SMILES string of the molecule is NC1CCN(C(=O)c2ccc(C[N+]3(OC(=O)C(F)(F)F)CCN(C4CCN(c5ncc(C(F)(F)F)cc5F)CC4)C3=O)cc2)C1. The zero-order valence-electron chi connectivity index (χ0n) is 23.8. The number of hydroxylamine groups is 3. The number of aromatic nitrogens is 1. The molecule has 17 heteroatoms. The Kier molecular flexibility index (Phi) is 8.70. The van der Waals surface area contributed by atoms with Gasteiger partial charge < -0.3 is 15.5 Å². The largest absolute Gasteiger partial charge is 0.497 e. The van der Waals surface area contributed by atoms with Gasteiger partial charge in [-0.05, 0) is 42.1 Å². The molecular weight excluding hydrogens is 617 g/mol. The maximum Gasteiger partial charge on any atom is 0.497 e. The Balaban J connectivity index is 1.29. The molecule has 10 nitrogen and oxygen atoms in total. The molecule has 3 aliphatic rings. The van der Waals surface area contributed by atoms with Gasteiger partial charge in [-0.25, -0.2) is 19.0 Å². The topological polar surface area (TPSA) is 109 Å². The van der Waals surface area contributed by atoms with Crippen LogP contribution in [-0.4, -0.2) is 94.9 Å². The number of likely N-dealkylation sites (tertiary alicyclic amines) is 1. The number of quaternary nitrogens is 1. The van der Waals surface area contributed by atoms with E-state index in [4.69, 9.17) is 10.6 Å². The van der Waals surface area contributed by atoms with Gasteiger partial charge in [-0.2, -0.15) is 26.3 Å². The van der Waals surface area contributed by atoms with E-state index in [1.165, 1.54) is 34.1 Å². The molecule has 244 valence electrons. The lowest BCUT2D eigenvalue weighted by atomic mass is 10.0. The van der Waals surface area contributed by atoms with E-state index < -0.39 is 53.0 Å². The molecule has 3 saturated heterocycles. The molecule has 1 aromatic carbocycles. The predicted octanol–water partition coefficient (Wildman–Crippen LogP) is 3.85. The van der Waals surface area contributed by atoms with E-state index >= 15 is 0 Å². The standard InChI is InChI=1S/C28H30F7N6O4/c29-22-13-19(27(30,31)32)14-37-23(22)38-9-6-21(7-10-38)40-11-12-41(26(40)44,45-25(43)28(33,34)35)16-17-1-3-18(4-2-17)24(42)39-8-5-20(36)15-39/h1-4,13-14,20-21H,5-12,15-16,36H2/q+1. The summed E-state index contributed by atoms with van der Waals surface area (Å²) >= 11 is 0. The quantitative estimate of drug-likeness (QED) is 0.375. The summed E-state index contributed by atoms with van der Waals surface area (Å²) in [6.07, 6.45) is -8.53. The number of carbonyl (C=O) groups excluding carboxylic acids is 3. The third-order valence-electron chi connectivity index (χ3n) is 8.29. The molecule has 0 radical (unpaired) electrons. The number of piperidine rings is 1. The van der Waals surface area contributed by atoms with Crippen LogP contribution >= 0.6 is 0 Å². The number of amides is 3. The molecular formula is C28H30F7N6O4+.